The zero-order chi connectivity index (χ0) is 18.8. The van der Waals surface area contributed by atoms with Crippen LogP contribution in [0.25, 0.3) is 0 Å². The third-order valence-electron chi connectivity index (χ3n) is 3.41. The van der Waals surface area contributed by atoms with Gasteiger partial charge >= 0.3 is 0 Å². The Bertz CT molecular complexity index is 875. The smallest absolute Gasteiger partial charge is 0.257 e. The highest BCUT2D eigenvalue weighted by molar-refractivity contribution is 7.89. The SMILES string of the molecule is Cc1ccc(CN(C)C(=O)c2cc(S(=O)(=O)NC(C)C)ccc2F)o1. The molecule has 8 heteroatoms. The van der Waals surface area contributed by atoms with E-state index in [-0.39, 0.29) is 23.0 Å². The van der Waals surface area contributed by atoms with Crippen molar-refractivity contribution < 1.29 is 22.0 Å². The number of aryl methyl sites for hydroxylation is 1. The predicted octanol–water partition coefficient (Wildman–Crippen LogP) is 2.69. The average molecular weight is 368 g/mol. The van der Waals surface area contributed by atoms with Crippen molar-refractivity contribution in [2.24, 2.45) is 0 Å². The molecule has 2 rings (SSSR count). The number of furan rings is 1. The van der Waals surface area contributed by atoms with Crippen molar-refractivity contribution in [3.8, 4) is 0 Å². The summed E-state index contributed by atoms with van der Waals surface area (Å²) in [6, 6.07) is 6.33. The van der Waals surface area contributed by atoms with E-state index in [9.17, 15) is 17.6 Å². The highest BCUT2D eigenvalue weighted by Gasteiger charge is 2.22. The van der Waals surface area contributed by atoms with E-state index >= 15 is 0 Å². The Morgan fingerprint density at radius 1 is 1.28 bits per heavy atom. The molecule has 0 saturated heterocycles. The number of hydrogen-bond acceptors (Lipinski definition) is 4. The maximum absolute atomic E-state index is 14.1. The van der Waals surface area contributed by atoms with Crippen LogP contribution in [0, 0.1) is 12.7 Å². The fraction of sp³-hybridized carbons (Fsp3) is 0.353. The number of nitrogens with zero attached hydrogens (tertiary/aromatic N) is 1. The zero-order valence-corrected chi connectivity index (χ0v) is 15.4. The van der Waals surface area contributed by atoms with E-state index in [4.69, 9.17) is 4.42 Å². The summed E-state index contributed by atoms with van der Waals surface area (Å²) in [6.07, 6.45) is 0. The normalized spacial score (nSPS) is 11.8. The van der Waals surface area contributed by atoms with Gasteiger partial charge in [-0.2, -0.15) is 0 Å². The van der Waals surface area contributed by atoms with E-state index in [1.807, 2.05) is 0 Å². The molecule has 0 saturated carbocycles. The van der Waals surface area contributed by atoms with Crippen LogP contribution >= 0.6 is 0 Å². The molecule has 0 fully saturated rings. The number of benzene rings is 1. The van der Waals surface area contributed by atoms with Crippen LogP contribution in [0.5, 0.6) is 0 Å². The standard InChI is InChI=1S/C17H21FN2O4S/c1-11(2)19-25(22,23)14-7-8-16(18)15(9-14)17(21)20(4)10-13-6-5-12(3)24-13/h5-9,11,19H,10H2,1-4H3. The fourth-order valence-corrected chi connectivity index (χ4v) is 3.57. The molecular formula is C17H21FN2O4S. The fourth-order valence-electron chi connectivity index (χ4n) is 2.30. The van der Waals surface area contributed by atoms with E-state index in [1.54, 1.807) is 32.9 Å². The second kappa shape index (κ2) is 7.37. The Hall–Kier alpha value is -2.19. The molecule has 0 aliphatic heterocycles. The van der Waals surface area contributed by atoms with Gasteiger partial charge in [-0.25, -0.2) is 17.5 Å². The van der Waals surface area contributed by atoms with Crippen LogP contribution in [-0.4, -0.2) is 32.3 Å². The first-order valence-corrected chi connectivity index (χ1v) is 9.21. The lowest BCUT2D eigenvalue weighted by molar-refractivity contribution is 0.0770. The first-order valence-electron chi connectivity index (χ1n) is 7.73. The van der Waals surface area contributed by atoms with Crippen molar-refractivity contribution in [1.29, 1.82) is 0 Å². The summed E-state index contributed by atoms with van der Waals surface area (Å²) in [5.74, 6) is -0.155. The summed E-state index contributed by atoms with van der Waals surface area (Å²) >= 11 is 0. The number of carbonyl (C=O) groups excluding carboxylic acids is 1. The van der Waals surface area contributed by atoms with Gasteiger partial charge in [0.15, 0.2) is 0 Å². The molecule has 0 radical (unpaired) electrons. The van der Waals surface area contributed by atoms with E-state index < -0.39 is 21.7 Å². The van der Waals surface area contributed by atoms with Crippen molar-refractivity contribution in [3.63, 3.8) is 0 Å². The van der Waals surface area contributed by atoms with E-state index in [1.165, 1.54) is 11.9 Å². The molecule has 1 aromatic heterocycles. The zero-order valence-electron chi connectivity index (χ0n) is 14.5. The van der Waals surface area contributed by atoms with Gasteiger partial charge in [-0.05, 0) is 51.1 Å². The van der Waals surface area contributed by atoms with Crippen LogP contribution in [0.3, 0.4) is 0 Å². The minimum atomic E-state index is -3.82. The number of nitrogens with one attached hydrogen (secondary N) is 1. The molecular weight excluding hydrogens is 347 g/mol. The Morgan fingerprint density at radius 2 is 1.96 bits per heavy atom. The third kappa shape index (κ3) is 4.67. The lowest BCUT2D eigenvalue weighted by Crippen LogP contribution is -2.31. The van der Waals surface area contributed by atoms with Gasteiger partial charge in [-0.1, -0.05) is 0 Å². The minimum Gasteiger partial charge on any atom is -0.464 e. The Kier molecular flexibility index (Phi) is 5.64. The van der Waals surface area contributed by atoms with E-state index in [2.05, 4.69) is 4.72 Å². The van der Waals surface area contributed by atoms with Crippen LogP contribution in [0.1, 0.15) is 35.7 Å². The molecule has 0 unspecified atom stereocenters. The molecule has 1 amide bonds. The Balaban J connectivity index is 2.28. The summed E-state index contributed by atoms with van der Waals surface area (Å²) in [7, 11) is -2.33. The topological polar surface area (TPSA) is 79.6 Å². The quantitative estimate of drug-likeness (QED) is 0.850. The molecule has 1 aromatic carbocycles. The number of carbonyl (C=O) groups is 1. The number of rotatable bonds is 6. The lowest BCUT2D eigenvalue weighted by Gasteiger charge is -2.17. The van der Waals surface area contributed by atoms with Gasteiger partial charge in [-0.3, -0.25) is 4.79 Å². The molecule has 1 heterocycles. The highest BCUT2D eigenvalue weighted by Crippen LogP contribution is 2.18. The maximum atomic E-state index is 14.1. The summed E-state index contributed by atoms with van der Waals surface area (Å²) < 4.78 is 46.3. The van der Waals surface area contributed by atoms with Gasteiger partial charge in [0.05, 0.1) is 17.0 Å². The van der Waals surface area contributed by atoms with E-state index in [0.717, 1.165) is 18.2 Å². The van der Waals surface area contributed by atoms with Gasteiger partial charge in [0.1, 0.15) is 17.3 Å². The number of sulfonamides is 1. The van der Waals surface area contributed by atoms with Crippen LogP contribution < -0.4 is 4.72 Å². The molecule has 2 aromatic rings. The summed E-state index contributed by atoms with van der Waals surface area (Å²) in [5, 5.41) is 0. The van der Waals surface area contributed by atoms with Gasteiger partial charge in [-0.15, -0.1) is 0 Å². The first kappa shape index (κ1) is 19.1. The lowest BCUT2D eigenvalue weighted by atomic mass is 10.2. The Labute approximate surface area is 146 Å². The van der Waals surface area contributed by atoms with Gasteiger partial charge < -0.3 is 9.32 Å². The third-order valence-corrected chi connectivity index (χ3v) is 5.06. The minimum absolute atomic E-state index is 0.146. The monoisotopic (exact) mass is 368 g/mol. The van der Waals surface area contributed by atoms with Gasteiger partial charge in [0.25, 0.3) is 5.91 Å². The molecule has 0 aliphatic carbocycles. The molecule has 6 nitrogen and oxygen atoms in total. The van der Waals surface area contributed by atoms with Crippen LogP contribution in [-0.2, 0) is 16.6 Å². The average Bonchev–Trinajstić information content (AvgIpc) is 2.90. The number of hydrogen-bond donors (Lipinski definition) is 1. The Morgan fingerprint density at radius 3 is 2.52 bits per heavy atom. The molecule has 0 aliphatic rings. The van der Waals surface area contributed by atoms with Crippen molar-refractivity contribution in [1.82, 2.24) is 9.62 Å². The molecule has 1 N–H and O–H groups in total. The largest absolute Gasteiger partial charge is 0.464 e. The van der Waals surface area contributed by atoms with E-state index in [0.29, 0.717) is 11.5 Å². The van der Waals surface area contributed by atoms with Crippen molar-refractivity contribution in [3.05, 3.63) is 53.2 Å². The second-order valence-electron chi connectivity index (χ2n) is 6.09. The predicted molar refractivity (Wildman–Crippen MR) is 91.1 cm³/mol. The molecule has 0 bridgehead atoms. The summed E-state index contributed by atoms with van der Waals surface area (Å²) in [6.45, 7) is 5.27. The molecule has 0 spiro atoms. The molecule has 0 atom stereocenters. The van der Waals surface area contributed by atoms with Crippen molar-refractivity contribution in [2.75, 3.05) is 7.05 Å². The van der Waals surface area contributed by atoms with Crippen molar-refractivity contribution in [2.45, 2.75) is 38.3 Å². The highest BCUT2D eigenvalue weighted by atomic mass is 32.2. The summed E-state index contributed by atoms with van der Waals surface area (Å²) in [5.41, 5.74) is -0.308. The summed E-state index contributed by atoms with van der Waals surface area (Å²) in [4.78, 5) is 13.6. The van der Waals surface area contributed by atoms with Crippen LogP contribution in [0.15, 0.2) is 39.6 Å². The van der Waals surface area contributed by atoms with Crippen LogP contribution in [0.2, 0.25) is 0 Å². The second-order valence-corrected chi connectivity index (χ2v) is 7.81. The number of halogens is 1. The maximum Gasteiger partial charge on any atom is 0.257 e. The molecule has 136 valence electrons. The molecule has 25 heavy (non-hydrogen) atoms. The van der Waals surface area contributed by atoms with Gasteiger partial charge in [0, 0.05) is 13.1 Å². The van der Waals surface area contributed by atoms with Gasteiger partial charge in [0.2, 0.25) is 10.0 Å². The van der Waals surface area contributed by atoms with Crippen molar-refractivity contribution >= 4 is 15.9 Å². The van der Waals surface area contributed by atoms with Crippen LogP contribution in [0.4, 0.5) is 4.39 Å². The number of amides is 1. The first-order chi connectivity index (χ1) is 11.6.